The summed E-state index contributed by atoms with van der Waals surface area (Å²) in [6, 6.07) is 4.46. The summed E-state index contributed by atoms with van der Waals surface area (Å²) in [6.45, 7) is 7.67. The summed E-state index contributed by atoms with van der Waals surface area (Å²) in [6.07, 6.45) is 3.89. The Morgan fingerprint density at radius 3 is 2.69 bits per heavy atom. The molecule has 9 nitrogen and oxygen atoms in total. The standard InChI is InChI=1S/C25H33N5O4S/c1-15-9-17(18-10-19(11-18)21-13-26-3-6-33-21)12-20-23(15)34-16(2)22-24(29-20)27-14-28-25(22)30-4-7-35(31,32)8-5-30/h9,12,14,16,18-19,21,26H,3-8,10-11,13H2,1-2H3,(H,27,28,29)/t16-,18-,19+,21?/m1/s1. The van der Waals surface area contributed by atoms with E-state index in [9.17, 15) is 8.42 Å². The summed E-state index contributed by atoms with van der Waals surface area (Å²) < 4.78 is 36.3. The van der Waals surface area contributed by atoms with Gasteiger partial charge in [-0.2, -0.15) is 0 Å². The number of hydrogen-bond acceptors (Lipinski definition) is 9. The van der Waals surface area contributed by atoms with E-state index in [2.05, 4.69) is 39.7 Å². The molecule has 2 N–H and O–H groups in total. The van der Waals surface area contributed by atoms with Crippen LogP contribution in [0.1, 0.15) is 48.5 Å². The van der Waals surface area contributed by atoms with Gasteiger partial charge in [-0.15, -0.1) is 0 Å². The van der Waals surface area contributed by atoms with Crippen LogP contribution in [-0.2, 0) is 14.6 Å². The van der Waals surface area contributed by atoms with E-state index in [1.807, 2.05) is 11.8 Å². The molecule has 4 heterocycles. The van der Waals surface area contributed by atoms with Gasteiger partial charge in [0.2, 0.25) is 0 Å². The number of morpholine rings is 1. The van der Waals surface area contributed by atoms with Crippen molar-refractivity contribution in [2.45, 2.75) is 44.8 Å². The quantitative estimate of drug-likeness (QED) is 0.659. The third-order valence-electron chi connectivity index (χ3n) is 7.89. The fourth-order valence-corrected chi connectivity index (χ4v) is 7.01. The molecular formula is C25H33N5O4S. The number of nitrogens with one attached hydrogen (secondary N) is 2. The van der Waals surface area contributed by atoms with Crippen LogP contribution in [0, 0.1) is 12.8 Å². The molecule has 3 aliphatic heterocycles. The van der Waals surface area contributed by atoms with Gasteiger partial charge in [-0.05, 0) is 55.7 Å². The van der Waals surface area contributed by atoms with E-state index in [-0.39, 0.29) is 17.6 Å². The predicted molar refractivity (Wildman–Crippen MR) is 134 cm³/mol. The van der Waals surface area contributed by atoms with Crippen molar-refractivity contribution in [3.8, 4) is 5.75 Å². The molecule has 1 saturated carbocycles. The third-order valence-corrected chi connectivity index (χ3v) is 9.50. The number of nitrogens with zero attached hydrogens (tertiary/aromatic N) is 3. The van der Waals surface area contributed by atoms with Gasteiger partial charge in [0.1, 0.15) is 29.8 Å². The first-order valence-electron chi connectivity index (χ1n) is 12.6. The lowest BCUT2D eigenvalue weighted by atomic mass is 9.68. The van der Waals surface area contributed by atoms with Crippen LogP contribution in [0.2, 0.25) is 0 Å². The summed E-state index contributed by atoms with van der Waals surface area (Å²) >= 11 is 0. The number of aromatic nitrogens is 2. The molecular weight excluding hydrogens is 466 g/mol. The minimum atomic E-state index is -2.98. The molecule has 1 aromatic carbocycles. The number of anilines is 3. The molecule has 0 radical (unpaired) electrons. The first kappa shape index (κ1) is 23.0. The molecule has 188 valence electrons. The molecule has 3 fully saturated rings. The Labute approximate surface area is 206 Å². The Bertz CT molecular complexity index is 1210. The van der Waals surface area contributed by atoms with Gasteiger partial charge in [-0.3, -0.25) is 0 Å². The van der Waals surface area contributed by atoms with Crippen molar-refractivity contribution in [3.63, 3.8) is 0 Å². The maximum absolute atomic E-state index is 11.9. The number of rotatable bonds is 3. The Morgan fingerprint density at radius 2 is 1.94 bits per heavy atom. The predicted octanol–water partition coefficient (Wildman–Crippen LogP) is 2.70. The summed E-state index contributed by atoms with van der Waals surface area (Å²) in [5, 5.41) is 6.98. The summed E-state index contributed by atoms with van der Waals surface area (Å²) in [5.41, 5.74) is 4.22. The SMILES string of the molecule is Cc1cc([C@H]2C[C@@H](C3CNCCO3)C2)cc2c1O[C@H](C)c1c(ncnc1N1CCS(=O)(=O)CC1)N2. The largest absolute Gasteiger partial charge is 0.483 e. The van der Waals surface area contributed by atoms with Crippen molar-refractivity contribution in [2.75, 3.05) is 54.5 Å². The zero-order valence-corrected chi connectivity index (χ0v) is 21.1. The fourth-order valence-electron chi connectivity index (χ4n) is 5.81. The van der Waals surface area contributed by atoms with Gasteiger partial charge in [0.15, 0.2) is 9.84 Å². The molecule has 6 rings (SSSR count). The number of benzene rings is 1. The first-order valence-corrected chi connectivity index (χ1v) is 14.4. The van der Waals surface area contributed by atoms with E-state index < -0.39 is 9.84 Å². The van der Waals surface area contributed by atoms with Crippen molar-refractivity contribution in [1.29, 1.82) is 0 Å². The van der Waals surface area contributed by atoms with E-state index >= 15 is 0 Å². The molecule has 2 aromatic rings. The normalized spacial score (nSPS) is 29.6. The number of hydrogen-bond donors (Lipinski definition) is 2. The minimum Gasteiger partial charge on any atom is -0.483 e. The molecule has 10 heteroatoms. The fraction of sp³-hybridized carbons (Fsp3) is 0.600. The van der Waals surface area contributed by atoms with E-state index in [0.717, 1.165) is 66.7 Å². The van der Waals surface area contributed by atoms with Crippen molar-refractivity contribution in [1.82, 2.24) is 15.3 Å². The molecule has 1 aliphatic carbocycles. The molecule has 1 aromatic heterocycles. The van der Waals surface area contributed by atoms with Gasteiger partial charge in [0.25, 0.3) is 0 Å². The highest BCUT2D eigenvalue weighted by Gasteiger charge is 2.38. The Balaban J connectivity index is 1.25. The van der Waals surface area contributed by atoms with Gasteiger partial charge < -0.3 is 25.0 Å². The average Bonchev–Trinajstić information content (AvgIpc) is 2.95. The van der Waals surface area contributed by atoms with Gasteiger partial charge in [0.05, 0.1) is 35.5 Å². The number of sulfone groups is 1. The molecule has 35 heavy (non-hydrogen) atoms. The molecule has 0 bridgehead atoms. The minimum absolute atomic E-state index is 0.140. The zero-order valence-electron chi connectivity index (χ0n) is 20.3. The number of fused-ring (bicyclic) bond motifs is 2. The molecule has 2 atom stereocenters. The van der Waals surface area contributed by atoms with Crippen LogP contribution < -0.4 is 20.3 Å². The van der Waals surface area contributed by atoms with Crippen LogP contribution in [0.15, 0.2) is 18.5 Å². The highest BCUT2D eigenvalue weighted by atomic mass is 32.2. The Hall–Kier alpha value is -2.43. The van der Waals surface area contributed by atoms with Crippen LogP contribution >= 0.6 is 0 Å². The maximum Gasteiger partial charge on any atom is 0.153 e. The lowest BCUT2D eigenvalue weighted by Crippen LogP contribution is -2.46. The summed E-state index contributed by atoms with van der Waals surface area (Å²) in [5.74, 6) is 3.72. The maximum atomic E-state index is 11.9. The van der Waals surface area contributed by atoms with E-state index in [0.29, 0.717) is 31.0 Å². The van der Waals surface area contributed by atoms with E-state index in [4.69, 9.17) is 9.47 Å². The second-order valence-corrected chi connectivity index (χ2v) is 12.5. The molecule has 0 spiro atoms. The van der Waals surface area contributed by atoms with E-state index in [1.54, 1.807) is 6.33 Å². The van der Waals surface area contributed by atoms with Crippen molar-refractivity contribution < 1.29 is 17.9 Å². The van der Waals surface area contributed by atoms with Gasteiger partial charge in [-0.1, -0.05) is 6.07 Å². The second-order valence-electron chi connectivity index (χ2n) is 10.2. The van der Waals surface area contributed by atoms with Crippen LogP contribution in [0.3, 0.4) is 0 Å². The van der Waals surface area contributed by atoms with Gasteiger partial charge in [-0.25, -0.2) is 18.4 Å². The highest BCUT2D eigenvalue weighted by molar-refractivity contribution is 7.91. The van der Waals surface area contributed by atoms with Crippen LogP contribution in [0.25, 0.3) is 0 Å². The zero-order chi connectivity index (χ0) is 24.2. The third kappa shape index (κ3) is 4.36. The monoisotopic (exact) mass is 499 g/mol. The summed E-state index contributed by atoms with van der Waals surface area (Å²) in [4.78, 5) is 11.1. The lowest BCUT2D eigenvalue weighted by Gasteiger charge is -2.42. The molecule has 2 saturated heterocycles. The van der Waals surface area contributed by atoms with Crippen LogP contribution in [-0.4, -0.2) is 68.8 Å². The molecule has 4 aliphatic rings. The van der Waals surface area contributed by atoms with Crippen molar-refractivity contribution in [2.24, 2.45) is 5.92 Å². The number of aryl methyl sites for hydroxylation is 1. The first-order chi connectivity index (χ1) is 16.9. The highest BCUT2D eigenvalue weighted by Crippen LogP contribution is 2.48. The van der Waals surface area contributed by atoms with Gasteiger partial charge in [0, 0.05) is 26.2 Å². The lowest BCUT2D eigenvalue weighted by molar-refractivity contribution is -0.0378. The van der Waals surface area contributed by atoms with Crippen molar-refractivity contribution in [3.05, 3.63) is 35.2 Å². The Morgan fingerprint density at radius 1 is 1.14 bits per heavy atom. The average molecular weight is 500 g/mol. The molecule has 0 amide bonds. The Kier molecular flexibility index (Phi) is 5.85. The smallest absolute Gasteiger partial charge is 0.153 e. The van der Waals surface area contributed by atoms with Crippen LogP contribution in [0.5, 0.6) is 5.75 Å². The second kappa shape index (κ2) is 8.90. The summed E-state index contributed by atoms with van der Waals surface area (Å²) in [7, 11) is -2.98. The van der Waals surface area contributed by atoms with E-state index in [1.165, 1.54) is 5.56 Å². The molecule has 1 unspecified atom stereocenters. The van der Waals surface area contributed by atoms with Gasteiger partial charge >= 0.3 is 0 Å². The number of ether oxygens (including phenoxy) is 2. The van der Waals surface area contributed by atoms with Crippen LogP contribution in [0.4, 0.5) is 17.3 Å². The van der Waals surface area contributed by atoms with Crippen molar-refractivity contribution >= 4 is 27.2 Å². The topological polar surface area (TPSA) is 106 Å².